The quantitative estimate of drug-likeness (QED) is 0.561. The van der Waals surface area contributed by atoms with Gasteiger partial charge >= 0.3 is 5.97 Å². The number of likely N-dealkylation sites (N-methyl/N-ethyl adjacent to an activating group) is 1. The zero-order chi connectivity index (χ0) is 18.6. The first kappa shape index (κ1) is 19.9. The van der Waals surface area contributed by atoms with Gasteiger partial charge in [0.25, 0.3) is 5.69 Å². The van der Waals surface area contributed by atoms with E-state index < -0.39 is 10.9 Å². The standard InChI is InChI=1S/C15H19Cl2N3O5/c1-18(9-14(21)22)7-12-8-19(2-3-25-12)6-10-4-11(16)5-13(17)15(10)20(23)24/h4-5,12H,2-3,6-9H2,1H3,(H,21,22). The van der Waals surface area contributed by atoms with Gasteiger partial charge in [-0.1, -0.05) is 23.2 Å². The predicted molar refractivity (Wildman–Crippen MR) is 93.3 cm³/mol. The lowest BCUT2D eigenvalue weighted by Gasteiger charge is -2.34. The largest absolute Gasteiger partial charge is 0.480 e. The van der Waals surface area contributed by atoms with Crippen molar-refractivity contribution in [3.63, 3.8) is 0 Å². The topological polar surface area (TPSA) is 96.2 Å². The fourth-order valence-corrected chi connectivity index (χ4v) is 3.47. The Morgan fingerprint density at radius 3 is 2.88 bits per heavy atom. The maximum Gasteiger partial charge on any atom is 0.317 e. The number of aliphatic carboxylic acids is 1. The van der Waals surface area contributed by atoms with Crippen LogP contribution < -0.4 is 0 Å². The normalized spacial score (nSPS) is 18.5. The zero-order valence-corrected chi connectivity index (χ0v) is 15.2. The molecular weight excluding hydrogens is 373 g/mol. The van der Waals surface area contributed by atoms with Crippen molar-refractivity contribution < 1.29 is 19.6 Å². The number of carboxylic acid groups (broad SMARTS) is 1. The number of rotatable bonds is 7. The summed E-state index contributed by atoms with van der Waals surface area (Å²) in [5.41, 5.74) is 0.305. The van der Waals surface area contributed by atoms with Crippen LogP contribution in [0.3, 0.4) is 0 Å². The summed E-state index contributed by atoms with van der Waals surface area (Å²) in [6.45, 7) is 2.31. The van der Waals surface area contributed by atoms with E-state index in [4.69, 9.17) is 33.0 Å². The fourth-order valence-electron chi connectivity index (χ4n) is 2.86. The summed E-state index contributed by atoms with van der Waals surface area (Å²) >= 11 is 11.9. The van der Waals surface area contributed by atoms with E-state index in [0.29, 0.717) is 43.4 Å². The lowest BCUT2D eigenvalue weighted by Crippen LogP contribution is -2.47. The number of ether oxygens (including phenoxy) is 1. The van der Waals surface area contributed by atoms with Crippen LogP contribution in [0.2, 0.25) is 10.0 Å². The monoisotopic (exact) mass is 391 g/mol. The number of halogens is 2. The first-order valence-corrected chi connectivity index (χ1v) is 8.38. The molecule has 0 amide bonds. The lowest BCUT2D eigenvalue weighted by molar-refractivity contribution is -0.385. The third kappa shape index (κ3) is 5.79. The summed E-state index contributed by atoms with van der Waals surface area (Å²) in [5.74, 6) is -0.903. The molecule has 1 unspecified atom stereocenters. The van der Waals surface area contributed by atoms with Gasteiger partial charge in [0.1, 0.15) is 5.02 Å². The number of nitrogens with zero attached hydrogens (tertiary/aromatic N) is 3. The Bertz CT molecular complexity index is 658. The van der Waals surface area contributed by atoms with Crippen LogP contribution in [0.25, 0.3) is 0 Å². The average Bonchev–Trinajstić information content (AvgIpc) is 2.45. The zero-order valence-electron chi connectivity index (χ0n) is 13.7. The van der Waals surface area contributed by atoms with Crippen molar-refractivity contribution in [2.75, 3.05) is 39.8 Å². The molecule has 0 bridgehead atoms. The van der Waals surface area contributed by atoms with Crippen LogP contribution in [0.15, 0.2) is 12.1 Å². The van der Waals surface area contributed by atoms with Crippen molar-refractivity contribution >= 4 is 34.9 Å². The summed E-state index contributed by atoms with van der Waals surface area (Å²) in [4.78, 5) is 25.2. The SMILES string of the molecule is CN(CC(=O)O)CC1CN(Cc2cc(Cl)cc(Cl)c2[N+](=O)[O-])CCO1. The second-order valence-electron chi connectivity index (χ2n) is 5.97. The Morgan fingerprint density at radius 1 is 1.52 bits per heavy atom. The number of nitro groups is 1. The highest BCUT2D eigenvalue weighted by Gasteiger charge is 2.26. The summed E-state index contributed by atoms with van der Waals surface area (Å²) < 4.78 is 5.66. The van der Waals surface area contributed by atoms with Gasteiger partial charge in [-0.15, -0.1) is 0 Å². The number of carbonyl (C=O) groups is 1. The molecule has 138 valence electrons. The molecule has 1 atom stereocenters. The highest BCUT2D eigenvalue weighted by molar-refractivity contribution is 6.36. The molecule has 1 aromatic rings. The van der Waals surface area contributed by atoms with E-state index in [0.717, 1.165) is 0 Å². The molecule has 0 spiro atoms. The van der Waals surface area contributed by atoms with Crippen molar-refractivity contribution in [3.05, 3.63) is 37.9 Å². The molecule has 0 aliphatic carbocycles. The molecule has 1 aliphatic heterocycles. The van der Waals surface area contributed by atoms with E-state index in [9.17, 15) is 14.9 Å². The molecule has 1 fully saturated rings. The minimum Gasteiger partial charge on any atom is -0.480 e. The summed E-state index contributed by atoms with van der Waals surface area (Å²) in [5, 5.41) is 20.5. The minimum atomic E-state index is -0.903. The lowest BCUT2D eigenvalue weighted by atomic mass is 10.1. The van der Waals surface area contributed by atoms with Gasteiger partial charge in [-0.3, -0.25) is 24.7 Å². The van der Waals surface area contributed by atoms with E-state index in [1.807, 2.05) is 4.90 Å². The Labute approximate surface area is 155 Å². The molecule has 1 heterocycles. The van der Waals surface area contributed by atoms with E-state index in [2.05, 4.69) is 0 Å². The Hall–Kier alpha value is -1.45. The molecule has 1 aromatic carbocycles. The molecule has 2 rings (SSSR count). The van der Waals surface area contributed by atoms with E-state index in [1.54, 1.807) is 18.0 Å². The predicted octanol–water partition coefficient (Wildman–Crippen LogP) is 2.12. The molecule has 25 heavy (non-hydrogen) atoms. The van der Waals surface area contributed by atoms with Gasteiger partial charge in [0.15, 0.2) is 0 Å². The number of hydrogen-bond donors (Lipinski definition) is 1. The van der Waals surface area contributed by atoms with Gasteiger partial charge in [-0.05, 0) is 19.2 Å². The van der Waals surface area contributed by atoms with E-state index >= 15 is 0 Å². The number of nitro benzene ring substituents is 1. The number of carboxylic acids is 1. The Kier molecular flexibility index (Phi) is 6.97. The van der Waals surface area contributed by atoms with Crippen molar-refractivity contribution in [1.82, 2.24) is 9.80 Å². The van der Waals surface area contributed by atoms with Crippen LogP contribution in [-0.2, 0) is 16.1 Å². The van der Waals surface area contributed by atoms with Crippen LogP contribution in [-0.4, -0.2) is 71.7 Å². The molecule has 8 nitrogen and oxygen atoms in total. The summed E-state index contributed by atoms with van der Waals surface area (Å²) in [6.07, 6.45) is -0.174. The van der Waals surface area contributed by atoms with E-state index in [-0.39, 0.29) is 23.4 Å². The van der Waals surface area contributed by atoms with Crippen LogP contribution in [0.1, 0.15) is 5.56 Å². The van der Waals surface area contributed by atoms with Crippen molar-refractivity contribution in [2.24, 2.45) is 0 Å². The van der Waals surface area contributed by atoms with Crippen molar-refractivity contribution in [2.45, 2.75) is 12.6 Å². The third-order valence-corrected chi connectivity index (χ3v) is 4.33. The van der Waals surface area contributed by atoms with Crippen LogP contribution in [0.4, 0.5) is 5.69 Å². The Balaban J connectivity index is 2.05. The van der Waals surface area contributed by atoms with Crippen molar-refractivity contribution in [1.29, 1.82) is 0 Å². The molecule has 1 aliphatic rings. The van der Waals surface area contributed by atoms with Crippen LogP contribution in [0.5, 0.6) is 0 Å². The molecule has 1 saturated heterocycles. The summed E-state index contributed by atoms with van der Waals surface area (Å²) in [6, 6.07) is 2.90. The molecule has 0 saturated carbocycles. The van der Waals surface area contributed by atoms with Gasteiger partial charge < -0.3 is 9.84 Å². The van der Waals surface area contributed by atoms with E-state index in [1.165, 1.54) is 6.07 Å². The maximum atomic E-state index is 11.3. The van der Waals surface area contributed by atoms with Gasteiger partial charge in [0, 0.05) is 36.8 Å². The second kappa shape index (κ2) is 8.77. The molecule has 0 radical (unpaired) electrons. The van der Waals surface area contributed by atoms with Gasteiger partial charge in [-0.25, -0.2) is 0 Å². The molecule has 1 N–H and O–H groups in total. The first-order valence-electron chi connectivity index (χ1n) is 7.63. The minimum absolute atomic E-state index is 0.0125. The first-order chi connectivity index (χ1) is 11.8. The van der Waals surface area contributed by atoms with Gasteiger partial charge in [0.05, 0.1) is 24.2 Å². The van der Waals surface area contributed by atoms with Gasteiger partial charge in [-0.2, -0.15) is 0 Å². The number of benzene rings is 1. The van der Waals surface area contributed by atoms with Crippen LogP contribution >= 0.6 is 23.2 Å². The molecule has 0 aromatic heterocycles. The number of morpholine rings is 1. The third-order valence-electron chi connectivity index (χ3n) is 3.83. The highest BCUT2D eigenvalue weighted by Crippen LogP contribution is 2.33. The molecule has 10 heteroatoms. The highest BCUT2D eigenvalue weighted by atomic mass is 35.5. The maximum absolute atomic E-state index is 11.3. The van der Waals surface area contributed by atoms with Crippen LogP contribution in [0, 0.1) is 10.1 Å². The average molecular weight is 392 g/mol. The second-order valence-corrected chi connectivity index (χ2v) is 6.81. The fraction of sp³-hybridized carbons (Fsp3) is 0.533. The number of hydrogen-bond acceptors (Lipinski definition) is 6. The van der Waals surface area contributed by atoms with Crippen molar-refractivity contribution in [3.8, 4) is 0 Å². The molecular formula is C15H19Cl2N3O5. The smallest absolute Gasteiger partial charge is 0.317 e. The van der Waals surface area contributed by atoms with Gasteiger partial charge in [0.2, 0.25) is 0 Å². The summed E-state index contributed by atoms with van der Waals surface area (Å²) in [7, 11) is 1.71. The Morgan fingerprint density at radius 2 is 2.24 bits per heavy atom.